The predicted molar refractivity (Wildman–Crippen MR) is 427 cm³/mol. The Morgan fingerprint density at radius 2 is 0.519 bits per heavy atom. The maximum atomic E-state index is 13.1. The highest BCUT2D eigenvalue weighted by molar-refractivity contribution is 7.47. The summed E-state index contributed by atoms with van der Waals surface area (Å²) in [5.74, 6) is -2.34. The molecule has 0 aliphatic rings. The molecule has 17 nitrogen and oxygen atoms in total. The molecule has 0 saturated heterocycles. The van der Waals surface area contributed by atoms with E-state index in [1.165, 1.54) is 57.8 Å². The molecule has 3 N–H and O–H groups in total. The van der Waals surface area contributed by atoms with Crippen molar-refractivity contribution in [2.45, 2.75) is 316 Å². The Kier molecular flexibility index (Phi) is 72.0. The van der Waals surface area contributed by atoms with Gasteiger partial charge in [0.1, 0.15) is 19.3 Å². The second-order valence-corrected chi connectivity index (χ2v) is 28.8. The topological polar surface area (TPSA) is 237 Å². The van der Waals surface area contributed by atoms with E-state index in [4.69, 9.17) is 37.0 Å². The number of aliphatic hydroxyl groups is 1. The van der Waals surface area contributed by atoms with Crippen molar-refractivity contribution in [1.29, 1.82) is 0 Å². The molecule has 592 valence electrons. The van der Waals surface area contributed by atoms with Gasteiger partial charge in [0.2, 0.25) is 0 Å². The molecular formula is C85H140O17P2. The van der Waals surface area contributed by atoms with Crippen molar-refractivity contribution in [3.05, 3.63) is 158 Å². The number of rotatable bonds is 73. The lowest BCUT2D eigenvalue weighted by molar-refractivity contribution is -0.161. The van der Waals surface area contributed by atoms with E-state index in [0.717, 1.165) is 148 Å². The van der Waals surface area contributed by atoms with E-state index in [2.05, 4.69) is 167 Å². The van der Waals surface area contributed by atoms with Crippen LogP contribution in [0.5, 0.6) is 0 Å². The first-order valence-corrected chi connectivity index (χ1v) is 42.7. The normalized spacial score (nSPS) is 14.7. The number of ether oxygens (including phenoxy) is 4. The zero-order valence-corrected chi connectivity index (χ0v) is 66.4. The second-order valence-electron chi connectivity index (χ2n) is 25.9. The Bertz CT molecular complexity index is 2590. The summed E-state index contributed by atoms with van der Waals surface area (Å²) >= 11 is 0. The molecule has 5 atom stereocenters. The molecule has 0 amide bonds. The maximum absolute atomic E-state index is 13.1. The third-order valence-corrected chi connectivity index (χ3v) is 17.9. The highest BCUT2D eigenvalue weighted by Crippen LogP contribution is 2.45. The Hall–Kier alpha value is -5.32. The first kappa shape index (κ1) is 98.7. The van der Waals surface area contributed by atoms with Gasteiger partial charge >= 0.3 is 39.5 Å². The molecule has 5 unspecified atom stereocenters. The van der Waals surface area contributed by atoms with E-state index in [1.54, 1.807) is 0 Å². The number of unbranched alkanes of at least 4 members (excludes halogenated alkanes) is 21. The number of hydrogen-bond donors (Lipinski definition) is 3. The number of allylic oxidation sites excluding steroid dienone is 26. The zero-order chi connectivity index (χ0) is 76.0. The third-order valence-electron chi connectivity index (χ3n) is 16.0. The van der Waals surface area contributed by atoms with Gasteiger partial charge in [-0.05, 0) is 141 Å². The molecule has 0 rings (SSSR count). The van der Waals surface area contributed by atoms with Crippen LogP contribution in [0.15, 0.2) is 158 Å². The van der Waals surface area contributed by atoms with Crippen LogP contribution in [0.2, 0.25) is 0 Å². The summed E-state index contributed by atoms with van der Waals surface area (Å²) in [6.45, 7) is 4.45. The van der Waals surface area contributed by atoms with E-state index in [1.807, 2.05) is 18.2 Å². The summed E-state index contributed by atoms with van der Waals surface area (Å²) < 4.78 is 68.4. The van der Waals surface area contributed by atoms with Gasteiger partial charge in [0, 0.05) is 25.7 Å². The summed E-state index contributed by atoms with van der Waals surface area (Å²) in [6, 6.07) is 0. The first-order valence-electron chi connectivity index (χ1n) is 39.7. The van der Waals surface area contributed by atoms with Crippen LogP contribution in [-0.4, -0.2) is 96.7 Å². The summed E-state index contributed by atoms with van der Waals surface area (Å²) in [5, 5.41) is 10.6. The molecule has 0 aromatic heterocycles. The SMILES string of the molecule is CC/C=C\C/C=C\C/C=C\C/C=C\C/C=C\C/C=C\CCC(=O)OCC(COP(=O)(O)OCC(O)COP(=O)(O)OCC(COC(=O)CCCCCCCC/C=C\C/C=C\C/C=C\CCCCC)OC(=O)CCCC/C=C\C/C=C\C/C=C\C/C=C\CC)OC(=O)CCCCCCCCCCCCC. The lowest BCUT2D eigenvalue weighted by Crippen LogP contribution is -2.30. The smallest absolute Gasteiger partial charge is 0.462 e. The number of aliphatic hydroxyl groups excluding tert-OH is 1. The molecule has 0 aromatic rings. The van der Waals surface area contributed by atoms with E-state index in [0.29, 0.717) is 38.5 Å². The van der Waals surface area contributed by atoms with Crippen molar-refractivity contribution in [1.82, 2.24) is 0 Å². The number of carbonyl (C=O) groups is 4. The Morgan fingerprint density at radius 1 is 0.279 bits per heavy atom. The summed E-state index contributed by atoms with van der Waals surface area (Å²) in [7, 11) is -10.00. The van der Waals surface area contributed by atoms with Gasteiger partial charge in [-0.15, -0.1) is 0 Å². The number of hydrogen-bond acceptors (Lipinski definition) is 15. The number of phosphoric ester groups is 2. The van der Waals surface area contributed by atoms with Crippen LogP contribution >= 0.6 is 15.6 Å². The van der Waals surface area contributed by atoms with Gasteiger partial charge in [-0.3, -0.25) is 37.3 Å². The van der Waals surface area contributed by atoms with Crippen LogP contribution in [0.1, 0.15) is 297 Å². The summed E-state index contributed by atoms with van der Waals surface area (Å²) in [6.07, 6.45) is 88.2. The van der Waals surface area contributed by atoms with Crippen molar-refractivity contribution in [3.8, 4) is 0 Å². The Balaban J connectivity index is 5.43. The minimum Gasteiger partial charge on any atom is -0.462 e. The van der Waals surface area contributed by atoms with Crippen LogP contribution < -0.4 is 0 Å². The van der Waals surface area contributed by atoms with Gasteiger partial charge in [-0.25, -0.2) is 9.13 Å². The number of phosphoric acid groups is 2. The quantitative estimate of drug-likeness (QED) is 0.0169. The van der Waals surface area contributed by atoms with Gasteiger partial charge in [0.05, 0.1) is 26.4 Å². The second kappa shape index (κ2) is 75.9. The first-order chi connectivity index (χ1) is 50.7. The van der Waals surface area contributed by atoms with Gasteiger partial charge in [-0.2, -0.15) is 0 Å². The molecular weight excluding hydrogens is 1350 g/mol. The van der Waals surface area contributed by atoms with Crippen LogP contribution in [0.3, 0.4) is 0 Å². The van der Waals surface area contributed by atoms with Crippen molar-refractivity contribution in [2.24, 2.45) is 0 Å². The highest BCUT2D eigenvalue weighted by Gasteiger charge is 2.30. The fourth-order valence-corrected chi connectivity index (χ4v) is 11.6. The third kappa shape index (κ3) is 74.9. The van der Waals surface area contributed by atoms with Crippen molar-refractivity contribution in [2.75, 3.05) is 39.6 Å². The Morgan fingerprint density at radius 3 is 0.865 bits per heavy atom. The van der Waals surface area contributed by atoms with Crippen LogP contribution in [0.25, 0.3) is 0 Å². The minimum absolute atomic E-state index is 0.0324. The van der Waals surface area contributed by atoms with Gasteiger partial charge in [-0.1, -0.05) is 288 Å². The molecule has 0 saturated carbocycles. The maximum Gasteiger partial charge on any atom is 0.472 e. The average Bonchev–Trinajstić information content (AvgIpc) is 0.931. The van der Waals surface area contributed by atoms with Crippen molar-refractivity contribution < 1.29 is 80.2 Å². The molecule has 0 bridgehead atoms. The fraction of sp³-hybridized carbons (Fsp3) is 0.647. The van der Waals surface area contributed by atoms with E-state index < -0.39 is 97.5 Å². The monoisotopic (exact) mass is 1490 g/mol. The number of esters is 4. The molecule has 19 heteroatoms. The highest BCUT2D eigenvalue weighted by atomic mass is 31.2. The fourth-order valence-electron chi connectivity index (χ4n) is 10.0. The van der Waals surface area contributed by atoms with E-state index in [-0.39, 0.29) is 25.7 Å². The summed E-state index contributed by atoms with van der Waals surface area (Å²) in [4.78, 5) is 72.9. The molecule has 0 heterocycles. The van der Waals surface area contributed by atoms with Crippen molar-refractivity contribution in [3.63, 3.8) is 0 Å². The molecule has 0 aliphatic carbocycles. The minimum atomic E-state index is -5.00. The molecule has 0 aliphatic heterocycles. The van der Waals surface area contributed by atoms with E-state index >= 15 is 0 Å². The lowest BCUT2D eigenvalue weighted by Gasteiger charge is -2.21. The van der Waals surface area contributed by atoms with E-state index in [9.17, 15) is 43.2 Å². The lowest BCUT2D eigenvalue weighted by atomic mass is 10.1. The molecule has 0 radical (unpaired) electrons. The standard InChI is InChI=1S/C85H140O17P2/c1-5-9-13-17-21-25-29-32-35-37-39-41-44-46-50-53-57-61-65-69-82(87)95-75-80(101-84(89)71-67-63-59-55-49-28-24-20-16-12-8-4)77-99-103(91,92)97-73-79(86)74-98-104(93,94)100-78-81(102-85(90)72-68-64-60-56-52-48-43-34-31-27-23-19-15-11-7-3)76-96-83(88)70-66-62-58-54-51-47-45-42-40-38-36-33-30-26-22-18-14-10-6-2/h9,11,13,15,21-23,25-27,32-36,39-43,46,50,52,56-57,61,79-81,86H,5-8,10,12,14,16-20,24,28-31,37-38,44-45,47-49,51,53-55,58-60,62-78H2,1-4H3,(H,91,92)(H,93,94)/b13-9-,15-11-,25-21-,26-22-,27-23-,35-32-,36-33-,41-39-,42-40-,43-34-,50-46-,56-52-,61-57-. The largest absolute Gasteiger partial charge is 0.472 e. The van der Waals surface area contributed by atoms with Gasteiger partial charge in [0.25, 0.3) is 0 Å². The Labute approximate surface area is 629 Å². The predicted octanol–water partition coefficient (Wildman–Crippen LogP) is 23.2. The van der Waals surface area contributed by atoms with Crippen molar-refractivity contribution >= 4 is 39.5 Å². The number of carbonyl (C=O) groups excluding carboxylic acids is 4. The van der Waals surface area contributed by atoms with Crippen LogP contribution in [0.4, 0.5) is 0 Å². The summed E-state index contributed by atoms with van der Waals surface area (Å²) in [5.41, 5.74) is 0. The van der Waals surface area contributed by atoms with Crippen LogP contribution in [0, 0.1) is 0 Å². The van der Waals surface area contributed by atoms with Gasteiger partial charge < -0.3 is 33.8 Å². The molecule has 104 heavy (non-hydrogen) atoms. The average molecular weight is 1500 g/mol. The van der Waals surface area contributed by atoms with Gasteiger partial charge in [0.15, 0.2) is 12.2 Å². The zero-order valence-electron chi connectivity index (χ0n) is 64.6. The molecule has 0 aromatic carbocycles. The molecule has 0 spiro atoms. The van der Waals surface area contributed by atoms with Crippen LogP contribution in [-0.2, 0) is 65.4 Å². The molecule has 0 fully saturated rings.